The van der Waals surface area contributed by atoms with Crippen molar-refractivity contribution in [3.8, 4) is 0 Å². The minimum atomic E-state index is -1.44. The van der Waals surface area contributed by atoms with Crippen molar-refractivity contribution in [2.75, 3.05) is 13.7 Å². The highest BCUT2D eigenvalue weighted by atomic mass is 16.5. The van der Waals surface area contributed by atoms with E-state index in [0.29, 0.717) is 19.4 Å². The van der Waals surface area contributed by atoms with Crippen LogP contribution in [0, 0.1) is 0 Å². The number of nitrogens with zero attached hydrogens (tertiary/aromatic N) is 1. The van der Waals surface area contributed by atoms with Gasteiger partial charge in [-0.2, -0.15) is 0 Å². The van der Waals surface area contributed by atoms with Gasteiger partial charge in [0.1, 0.15) is 0 Å². The van der Waals surface area contributed by atoms with Gasteiger partial charge in [0, 0.05) is 20.1 Å². The molecule has 0 aliphatic rings. The first-order valence-electron chi connectivity index (χ1n) is 4.51. The van der Waals surface area contributed by atoms with Crippen LogP contribution in [-0.2, 0) is 11.2 Å². The Labute approximate surface area is 90.7 Å². The third-order valence-electron chi connectivity index (χ3n) is 1.81. The Kier molecular flexibility index (Phi) is 4.01. The summed E-state index contributed by atoms with van der Waals surface area (Å²) >= 11 is 0. The summed E-state index contributed by atoms with van der Waals surface area (Å²) in [5.74, 6) is -3.41. The Bertz CT molecular complexity index is 365. The number of methoxy groups -OCH3 is 1. The van der Waals surface area contributed by atoms with Crippen molar-refractivity contribution < 1.29 is 29.0 Å². The van der Waals surface area contributed by atoms with Gasteiger partial charge in [0.25, 0.3) is 0 Å². The molecule has 1 aromatic rings. The minimum Gasteiger partial charge on any atom is -0.476 e. The number of rotatable bonds is 6. The zero-order valence-corrected chi connectivity index (χ0v) is 8.60. The second kappa shape index (κ2) is 5.26. The largest absolute Gasteiger partial charge is 0.476 e. The number of carbonyl (C=O) groups is 2. The number of aromatic carboxylic acids is 2. The number of oxazole rings is 1. The highest BCUT2D eigenvalue weighted by Gasteiger charge is 2.24. The summed E-state index contributed by atoms with van der Waals surface area (Å²) in [6.07, 6.45) is 0.913. The molecule has 1 rings (SSSR count). The van der Waals surface area contributed by atoms with Crippen LogP contribution in [0.15, 0.2) is 4.42 Å². The summed E-state index contributed by atoms with van der Waals surface area (Å²) in [6, 6.07) is 0. The van der Waals surface area contributed by atoms with E-state index in [9.17, 15) is 9.59 Å². The molecule has 7 nitrogen and oxygen atoms in total. The maximum absolute atomic E-state index is 10.7. The summed E-state index contributed by atoms with van der Waals surface area (Å²) in [6.45, 7) is 0.465. The molecule has 0 aromatic carbocycles. The minimum absolute atomic E-state index is 0.0897. The molecular formula is C9H11NO6. The summed E-state index contributed by atoms with van der Waals surface area (Å²) in [5.41, 5.74) is -0.570. The summed E-state index contributed by atoms with van der Waals surface area (Å²) in [5, 5.41) is 17.4. The van der Waals surface area contributed by atoms with Gasteiger partial charge in [0.05, 0.1) is 0 Å². The van der Waals surface area contributed by atoms with Crippen LogP contribution in [0.1, 0.15) is 33.4 Å². The predicted octanol–water partition coefficient (Wildman–Crippen LogP) is 0.650. The lowest BCUT2D eigenvalue weighted by molar-refractivity contribution is 0.0623. The molecule has 0 aliphatic carbocycles. The highest BCUT2D eigenvalue weighted by molar-refractivity contribution is 5.98. The summed E-state index contributed by atoms with van der Waals surface area (Å²) < 4.78 is 9.63. The Balaban J connectivity index is 2.84. The second-order valence-corrected chi connectivity index (χ2v) is 2.99. The Morgan fingerprint density at radius 1 is 1.38 bits per heavy atom. The first-order valence-corrected chi connectivity index (χ1v) is 4.51. The molecule has 0 saturated carbocycles. The van der Waals surface area contributed by atoms with Gasteiger partial charge in [0.15, 0.2) is 5.89 Å². The van der Waals surface area contributed by atoms with Crippen LogP contribution in [0.5, 0.6) is 0 Å². The predicted molar refractivity (Wildman–Crippen MR) is 50.6 cm³/mol. The Hall–Kier alpha value is -1.89. The fraction of sp³-hybridized carbons (Fsp3) is 0.444. The molecule has 0 saturated heterocycles. The lowest BCUT2D eigenvalue weighted by Gasteiger charge is -1.94. The highest BCUT2D eigenvalue weighted by Crippen LogP contribution is 2.12. The molecule has 1 heterocycles. The van der Waals surface area contributed by atoms with Gasteiger partial charge in [0.2, 0.25) is 11.5 Å². The van der Waals surface area contributed by atoms with Gasteiger partial charge < -0.3 is 19.4 Å². The van der Waals surface area contributed by atoms with E-state index in [-0.39, 0.29) is 5.89 Å². The van der Waals surface area contributed by atoms with Crippen molar-refractivity contribution in [3.63, 3.8) is 0 Å². The monoisotopic (exact) mass is 229 g/mol. The molecule has 88 valence electrons. The topological polar surface area (TPSA) is 110 Å². The second-order valence-electron chi connectivity index (χ2n) is 2.99. The smallest absolute Gasteiger partial charge is 0.374 e. The zero-order valence-electron chi connectivity index (χ0n) is 8.60. The number of ether oxygens (including phenoxy) is 1. The molecule has 0 amide bonds. The van der Waals surface area contributed by atoms with Gasteiger partial charge in [-0.1, -0.05) is 0 Å². The van der Waals surface area contributed by atoms with Crippen LogP contribution in [0.2, 0.25) is 0 Å². The number of aromatic nitrogens is 1. The lowest BCUT2D eigenvalue weighted by Crippen LogP contribution is -2.05. The van der Waals surface area contributed by atoms with E-state index >= 15 is 0 Å². The average molecular weight is 229 g/mol. The molecule has 0 spiro atoms. The van der Waals surface area contributed by atoms with Gasteiger partial charge in [-0.05, 0) is 6.42 Å². The number of hydrogen-bond acceptors (Lipinski definition) is 5. The van der Waals surface area contributed by atoms with E-state index in [2.05, 4.69) is 4.98 Å². The molecule has 0 aliphatic heterocycles. The molecular weight excluding hydrogens is 218 g/mol. The molecule has 0 unspecified atom stereocenters. The summed E-state index contributed by atoms with van der Waals surface area (Å²) in [7, 11) is 1.53. The first-order chi connectivity index (χ1) is 7.56. The van der Waals surface area contributed by atoms with Gasteiger partial charge >= 0.3 is 11.9 Å². The van der Waals surface area contributed by atoms with E-state index in [1.807, 2.05) is 0 Å². The van der Waals surface area contributed by atoms with Crippen LogP contribution in [-0.4, -0.2) is 40.9 Å². The zero-order chi connectivity index (χ0) is 12.1. The number of aryl methyl sites for hydroxylation is 1. The molecule has 2 N–H and O–H groups in total. The average Bonchev–Trinajstić information content (AvgIpc) is 2.62. The van der Waals surface area contributed by atoms with Crippen molar-refractivity contribution in [2.24, 2.45) is 0 Å². The van der Waals surface area contributed by atoms with Crippen molar-refractivity contribution in [2.45, 2.75) is 12.8 Å². The molecule has 0 atom stereocenters. The van der Waals surface area contributed by atoms with Crippen molar-refractivity contribution in [3.05, 3.63) is 17.3 Å². The lowest BCUT2D eigenvalue weighted by atomic mass is 10.3. The first kappa shape index (κ1) is 12.2. The van der Waals surface area contributed by atoms with Crippen LogP contribution in [0.4, 0.5) is 0 Å². The normalized spacial score (nSPS) is 10.3. The van der Waals surface area contributed by atoms with Crippen molar-refractivity contribution in [1.29, 1.82) is 0 Å². The molecule has 7 heteroatoms. The molecule has 0 bridgehead atoms. The molecule has 0 fully saturated rings. The third-order valence-corrected chi connectivity index (χ3v) is 1.81. The maximum Gasteiger partial charge on any atom is 0.374 e. The maximum atomic E-state index is 10.7. The van der Waals surface area contributed by atoms with Crippen molar-refractivity contribution in [1.82, 2.24) is 4.98 Å². The molecule has 0 radical (unpaired) electrons. The van der Waals surface area contributed by atoms with Gasteiger partial charge in [-0.15, -0.1) is 0 Å². The fourth-order valence-corrected chi connectivity index (χ4v) is 1.13. The van der Waals surface area contributed by atoms with Gasteiger partial charge in [-0.25, -0.2) is 14.6 Å². The van der Waals surface area contributed by atoms with E-state index < -0.39 is 23.4 Å². The van der Waals surface area contributed by atoms with Crippen LogP contribution < -0.4 is 0 Å². The van der Waals surface area contributed by atoms with Crippen LogP contribution in [0.25, 0.3) is 0 Å². The molecule has 1 aromatic heterocycles. The van der Waals surface area contributed by atoms with Crippen LogP contribution >= 0.6 is 0 Å². The quantitative estimate of drug-likeness (QED) is 0.689. The van der Waals surface area contributed by atoms with E-state index in [1.165, 1.54) is 7.11 Å². The third kappa shape index (κ3) is 2.80. The van der Waals surface area contributed by atoms with E-state index in [0.717, 1.165) is 0 Å². The number of carboxylic acids is 2. The van der Waals surface area contributed by atoms with Crippen molar-refractivity contribution >= 4 is 11.9 Å². The van der Waals surface area contributed by atoms with E-state index in [1.54, 1.807) is 0 Å². The SMILES string of the molecule is COCCCc1nc(C(=O)O)c(C(=O)O)o1. The standard InChI is InChI=1S/C9H11NO6/c1-15-4-2-3-5-10-6(8(11)12)7(16-5)9(13)14/h2-4H2,1H3,(H,11,12)(H,13,14). The molecule has 16 heavy (non-hydrogen) atoms. The summed E-state index contributed by atoms with van der Waals surface area (Å²) in [4.78, 5) is 24.9. The Morgan fingerprint density at radius 3 is 2.50 bits per heavy atom. The fourth-order valence-electron chi connectivity index (χ4n) is 1.13. The van der Waals surface area contributed by atoms with Crippen LogP contribution in [0.3, 0.4) is 0 Å². The van der Waals surface area contributed by atoms with E-state index in [4.69, 9.17) is 19.4 Å². The van der Waals surface area contributed by atoms with Gasteiger partial charge in [-0.3, -0.25) is 0 Å². The Morgan fingerprint density at radius 2 is 2.06 bits per heavy atom. The number of carboxylic acid groups (broad SMARTS) is 2. The number of hydrogen-bond donors (Lipinski definition) is 2.